The van der Waals surface area contributed by atoms with Gasteiger partial charge in [0, 0.05) is 11.6 Å². The van der Waals surface area contributed by atoms with E-state index in [0.717, 1.165) is 6.42 Å². The van der Waals surface area contributed by atoms with E-state index >= 15 is 0 Å². The number of nitrogens with one attached hydrogen (secondary N) is 1. The lowest BCUT2D eigenvalue weighted by Crippen LogP contribution is -2.33. The molecule has 0 heterocycles. The highest BCUT2D eigenvalue weighted by molar-refractivity contribution is 7.59. The number of carbonyl (C=O) groups is 1. The van der Waals surface area contributed by atoms with Crippen LogP contribution in [0.4, 0.5) is 0 Å². The van der Waals surface area contributed by atoms with Crippen molar-refractivity contribution in [3.63, 3.8) is 0 Å². The molecule has 0 spiro atoms. The van der Waals surface area contributed by atoms with Gasteiger partial charge in [-0.25, -0.2) is 0 Å². The van der Waals surface area contributed by atoms with Gasteiger partial charge in [0.2, 0.25) is 5.75 Å². The van der Waals surface area contributed by atoms with Crippen LogP contribution in [-0.2, 0) is 0 Å². The van der Waals surface area contributed by atoms with Crippen LogP contribution in [0.3, 0.4) is 0 Å². The van der Waals surface area contributed by atoms with Gasteiger partial charge in [0.1, 0.15) is 0 Å². The molecule has 1 rings (SSSR count). The van der Waals surface area contributed by atoms with Gasteiger partial charge in [-0.2, -0.15) is 13.5 Å². The zero-order valence-corrected chi connectivity index (χ0v) is 17.3. The summed E-state index contributed by atoms with van der Waals surface area (Å²) < 4.78 is 17.0. The predicted molar refractivity (Wildman–Crippen MR) is 107 cm³/mol. The monoisotopic (exact) mass is 371 g/mol. The van der Waals surface area contributed by atoms with Crippen LogP contribution in [0.2, 0.25) is 0 Å². The second-order valence-electron chi connectivity index (χ2n) is 6.10. The highest BCUT2D eigenvalue weighted by atomic mass is 32.1. The number of ether oxygens (including phenoxy) is 3. The first-order valence-electron chi connectivity index (χ1n) is 8.80. The molecule has 144 valence electrons. The van der Waals surface area contributed by atoms with Crippen LogP contribution in [0, 0.1) is 5.92 Å². The normalized spacial score (nSPS) is 11.5. The molecule has 0 aromatic heterocycles. The Morgan fingerprint density at radius 2 is 1.44 bits per heavy atom. The van der Waals surface area contributed by atoms with E-state index in [0.29, 0.717) is 48.6 Å². The molecule has 0 saturated carbocycles. The predicted octanol–water partition coefficient (Wildman–Crippen LogP) is 4.16. The van der Waals surface area contributed by atoms with E-state index in [1.807, 2.05) is 27.7 Å². The van der Waals surface area contributed by atoms with Crippen molar-refractivity contribution in [3.8, 4) is 17.2 Å². The maximum absolute atomic E-state index is 12.6. The maximum Gasteiger partial charge on any atom is 0.251 e. The van der Waals surface area contributed by atoms with Crippen molar-refractivity contribution in [2.24, 2.45) is 5.92 Å². The quantitative estimate of drug-likeness (QED) is 0.671. The molecule has 0 bridgehead atoms. The first-order valence-corrected chi connectivity index (χ1v) is 8.80. The fourth-order valence-electron chi connectivity index (χ4n) is 2.59. The number of rotatable bonds is 10. The summed E-state index contributed by atoms with van der Waals surface area (Å²) in [5, 5.41) is 3.03. The number of carbonyl (C=O) groups excluding carboxylic acids is 1. The second-order valence-corrected chi connectivity index (χ2v) is 6.10. The van der Waals surface area contributed by atoms with Gasteiger partial charge < -0.3 is 19.5 Å². The van der Waals surface area contributed by atoms with Crippen LogP contribution in [0.5, 0.6) is 17.2 Å². The van der Waals surface area contributed by atoms with Gasteiger partial charge in [-0.15, -0.1) is 0 Å². The lowest BCUT2D eigenvalue weighted by atomic mass is 10.0. The largest absolute Gasteiger partial charge is 0.490 e. The van der Waals surface area contributed by atoms with E-state index < -0.39 is 0 Å². The molecule has 0 radical (unpaired) electrons. The second kappa shape index (κ2) is 11.9. The van der Waals surface area contributed by atoms with Crippen molar-refractivity contribution in [1.29, 1.82) is 0 Å². The molecule has 0 aliphatic carbocycles. The molecule has 0 unspecified atom stereocenters. The van der Waals surface area contributed by atoms with E-state index in [1.165, 1.54) is 0 Å². The maximum atomic E-state index is 12.6. The van der Waals surface area contributed by atoms with Crippen LogP contribution in [0.25, 0.3) is 0 Å². The first-order chi connectivity index (χ1) is 11.4. The van der Waals surface area contributed by atoms with Gasteiger partial charge in [0.25, 0.3) is 5.91 Å². The Hall–Kier alpha value is -1.56. The molecule has 5 nitrogen and oxygen atoms in total. The average Bonchev–Trinajstić information content (AvgIpc) is 2.49. The number of amides is 1. The Balaban J connectivity index is 0.00000576. The summed E-state index contributed by atoms with van der Waals surface area (Å²) >= 11 is 0. The van der Waals surface area contributed by atoms with Crippen molar-refractivity contribution in [3.05, 3.63) is 17.7 Å². The smallest absolute Gasteiger partial charge is 0.251 e. The van der Waals surface area contributed by atoms with Gasteiger partial charge >= 0.3 is 0 Å². The highest BCUT2D eigenvalue weighted by Crippen LogP contribution is 2.39. The van der Waals surface area contributed by atoms with Crippen molar-refractivity contribution in [2.75, 3.05) is 19.8 Å². The standard InChI is InChI=1S/C19H31NO4.H2S/c1-7-22-16-11-15(19(21)20-14(6)10-13(4)5)12-17(23-8-2)18(16)24-9-3;/h11-14H,7-10H2,1-6H3,(H,20,21);1H2/t14-;/m0./s1. The first kappa shape index (κ1) is 23.4. The molecule has 0 aliphatic rings. The average molecular weight is 372 g/mol. The van der Waals surface area contributed by atoms with Gasteiger partial charge in [-0.1, -0.05) is 13.8 Å². The van der Waals surface area contributed by atoms with E-state index in [2.05, 4.69) is 19.2 Å². The summed E-state index contributed by atoms with van der Waals surface area (Å²) in [6.07, 6.45) is 0.930. The Kier molecular flexibility index (Phi) is 11.2. The third-order valence-corrected chi connectivity index (χ3v) is 3.37. The van der Waals surface area contributed by atoms with Crippen molar-refractivity contribution in [2.45, 2.75) is 54.0 Å². The fraction of sp³-hybridized carbons (Fsp3) is 0.632. The SMILES string of the molecule is CCOc1cc(C(=O)N[C@@H](C)CC(C)C)cc(OCC)c1OCC.S. The molecular weight excluding hydrogens is 338 g/mol. The molecule has 1 aromatic carbocycles. The minimum absolute atomic E-state index is 0. The Labute approximate surface area is 158 Å². The molecule has 0 aliphatic heterocycles. The number of hydrogen-bond donors (Lipinski definition) is 1. The molecule has 1 N–H and O–H groups in total. The lowest BCUT2D eigenvalue weighted by molar-refractivity contribution is 0.0935. The van der Waals surface area contributed by atoms with Gasteiger partial charge in [0.05, 0.1) is 19.8 Å². The van der Waals surface area contributed by atoms with Gasteiger partial charge in [0.15, 0.2) is 11.5 Å². The summed E-state index contributed by atoms with van der Waals surface area (Å²) in [7, 11) is 0. The Morgan fingerprint density at radius 1 is 0.960 bits per heavy atom. The number of benzene rings is 1. The summed E-state index contributed by atoms with van der Waals surface area (Å²) in [4.78, 5) is 12.6. The molecule has 6 heteroatoms. The van der Waals surface area contributed by atoms with E-state index in [-0.39, 0.29) is 25.4 Å². The molecule has 1 aromatic rings. The molecule has 25 heavy (non-hydrogen) atoms. The molecule has 1 atom stereocenters. The summed E-state index contributed by atoms with van der Waals surface area (Å²) in [5.41, 5.74) is 0.515. The van der Waals surface area contributed by atoms with Crippen LogP contribution >= 0.6 is 13.5 Å². The van der Waals surface area contributed by atoms with E-state index in [1.54, 1.807) is 12.1 Å². The summed E-state index contributed by atoms with van der Waals surface area (Å²) in [5.74, 6) is 2.01. The van der Waals surface area contributed by atoms with Gasteiger partial charge in [-0.3, -0.25) is 4.79 Å². The third kappa shape index (κ3) is 7.46. The summed E-state index contributed by atoms with van der Waals surface area (Å²) in [6, 6.07) is 3.54. The molecular formula is C19H33NO4S. The van der Waals surface area contributed by atoms with Crippen molar-refractivity contribution >= 4 is 19.4 Å². The minimum atomic E-state index is -0.131. The van der Waals surface area contributed by atoms with Crippen molar-refractivity contribution < 1.29 is 19.0 Å². The zero-order valence-electron chi connectivity index (χ0n) is 16.3. The Bertz CT molecular complexity index is 507. The highest BCUT2D eigenvalue weighted by Gasteiger charge is 2.19. The fourth-order valence-corrected chi connectivity index (χ4v) is 2.59. The third-order valence-electron chi connectivity index (χ3n) is 3.37. The zero-order chi connectivity index (χ0) is 18.1. The van der Waals surface area contributed by atoms with Crippen LogP contribution < -0.4 is 19.5 Å². The minimum Gasteiger partial charge on any atom is -0.490 e. The van der Waals surface area contributed by atoms with Crippen LogP contribution in [0.1, 0.15) is 58.3 Å². The lowest BCUT2D eigenvalue weighted by Gasteiger charge is -2.19. The molecule has 0 saturated heterocycles. The van der Waals surface area contributed by atoms with Gasteiger partial charge in [-0.05, 0) is 52.2 Å². The van der Waals surface area contributed by atoms with E-state index in [9.17, 15) is 4.79 Å². The number of hydrogen-bond acceptors (Lipinski definition) is 4. The van der Waals surface area contributed by atoms with Crippen LogP contribution in [-0.4, -0.2) is 31.8 Å². The molecule has 1 amide bonds. The van der Waals surface area contributed by atoms with Crippen molar-refractivity contribution in [1.82, 2.24) is 5.32 Å². The topological polar surface area (TPSA) is 56.8 Å². The van der Waals surface area contributed by atoms with E-state index in [4.69, 9.17) is 14.2 Å². The molecule has 0 fully saturated rings. The Morgan fingerprint density at radius 3 is 1.84 bits per heavy atom. The summed E-state index contributed by atoms with van der Waals surface area (Å²) in [6.45, 7) is 13.5. The van der Waals surface area contributed by atoms with Crippen LogP contribution in [0.15, 0.2) is 12.1 Å².